The first kappa shape index (κ1) is 13.3. The Kier molecular flexibility index (Phi) is 3.18. The van der Waals surface area contributed by atoms with E-state index in [0.717, 1.165) is 0 Å². The maximum absolute atomic E-state index is 12.2. The molecule has 0 atom stereocenters. The summed E-state index contributed by atoms with van der Waals surface area (Å²) in [6.45, 7) is 1.81. The van der Waals surface area contributed by atoms with Crippen LogP contribution in [0.15, 0.2) is 48.0 Å². The number of pyridine rings is 1. The van der Waals surface area contributed by atoms with Gasteiger partial charge in [0.05, 0.1) is 11.9 Å². The van der Waals surface area contributed by atoms with Crippen molar-refractivity contribution in [2.75, 3.05) is 4.72 Å². The molecule has 3 aromatic rings. The van der Waals surface area contributed by atoms with E-state index >= 15 is 0 Å². The maximum Gasteiger partial charge on any atom is 0.278 e. The van der Waals surface area contributed by atoms with Crippen molar-refractivity contribution in [1.29, 1.82) is 0 Å². The molecule has 3 heterocycles. The third-order valence-electron chi connectivity index (χ3n) is 2.85. The molecule has 0 aliphatic rings. The number of anilines is 1. The van der Waals surface area contributed by atoms with Gasteiger partial charge in [-0.3, -0.25) is 14.4 Å². The molecule has 0 spiro atoms. The first-order valence-electron chi connectivity index (χ1n) is 6.05. The normalized spacial score (nSPS) is 11.5. The molecule has 3 aromatic heterocycles. The number of hydrogen-bond donors (Lipinski definition) is 2. The van der Waals surface area contributed by atoms with E-state index in [-0.39, 0.29) is 5.03 Å². The molecule has 0 unspecified atom stereocenters. The lowest BCUT2D eigenvalue weighted by Crippen LogP contribution is -2.16. The summed E-state index contributed by atoms with van der Waals surface area (Å²) in [5.41, 5.74) is 0.355. The second-order valence-electron chi connectivity index (χ2n) is 4.25. The van der Waals surface area contributed by atoms with Gasteiger partial charge in [0.25, 0.3) is 10.0 Å². The minimum Gasteiger partial charge on any atom is -0.286 e. The van der Waals surface area contributed by atoms with Gasteiger partial charge in [0.2, 0.25) is 0 Å². The first-order chi connectivity index (χ1) is 10.1. The highest BCUT2D eigenvalue weighted by atomic mass is 32.2. The number of aryl methyl sites for hydroxylation is 1. The summed E-state index contributed by atoms with van der Waals surface area (Å²) < 4.78 is 28.7. The topological polar surface area (TPSA) is 106 Å². The standard InChI is InChI=1S/C12H12N6O2S/c1-9-13-7-8-18(9)12-10(3-2-5-14-12)17-21(19,20)11-4-6-15-16-11/h2-8,17H,1H3,(H,15,16). The van der Waals surface area contributed by atoms with Crippen LogP contribution in [0.2, 0.25) is 0 Å². The quantitative estimate of drug-likeness (QED) is 0.751. The summed E-state index contributed by atoms with van der Waals surface area (Å²) in [5, 5.41) is 6.05. The first-order valence-corrected chi connectivity index (χ1v) is 7.54. The number of aromatic amines is 1. The SMILES string of the molecule is Cc1nccn1-c1ncccc1NS(=O)(=O)c1ccn[nH]1. The molecular weight excluding hydrogens is 292 g/mol. The fraction of sp³-hybridized carbons (Fsp3) is 0.0833. The third kappa shape index (κ3) is 2.50. The molecule has 0 saturated carbocycles. The van der Waals surface area contributed by atoms with Crippen molar-refractivity contribution in [3.8, 4) is 5.82 Å². The van der Waals surface area contributed by atoms with Crippen LogP contribution in [-0.2, 0) is 10.0 Å². The fourth-order valence-corrected chi connectivity index (χ4v) is 2.83. The van der Waals surface area contributed by atoms with Gasteiger partial charge in [-0.2, -0.15) is 13.5 Å². The number of imidazole rings is 1. The van der Waals surface area contributed by atoms with E-state index in [9.17, 15) is 8.42 Å². The molecule has 108 valence electrons. The van der Waals surface area contributed by atoms with Crippen LogP contribution in [0.3, 0.4) is 0 Å². The Balaban J connectivity index is 2.03. The van der Waals surface area contributed by atoms with Crippen LogP contribution < -0.4 is 4.72 Å². The van der Waals surface area contributed by atoms with Crippen molar-refractivity contribution in [1.82, 2.24) is 24.7 Å². The molecule has 0 saturated heterocycles. The van der Waals surface area contributed by atoms with Gasteiger partial charge >= 0.3 is 0 Å². The van der Waals surface area contributed by atoms with Gasteiger partial charge in [-0.05, 0) is 25.1 Å². The second kappa shape index (κ2) is 5.02. The maximum atomic E-state index is 12.2. The molecule has 3 rings (SSSR count). The molecule has 0 amide bonds. The monoisotopic (exact) mass is 304 g/mol. The summed E-state index contributed by atoms with van der Waals surface area (Å²) in [4.78, 5) is 8.33. The highest BCUT2D eigenvalue weighted by Crippen LogP contribution is 2.21. The Labute approximate surface area is 120 Å². The number of nitrogens with zero attached hydrogens (tertiary/aromatic N) is 4. The Hall–Kier alpha value is -2.68. The smallest absolute Gasteiger partial charge is 0.278 e. The molecule has 0 bridgehead atoms. The molecule has 2 N–H and O–H groups in total. The summed E-state index contributed by atoms with van der Waals surface area (Å²) >= 11 is 0. The van der Waals surface area contributed by atoms with Crippen molar-refractivity contribution in [3.63, 3.8) is 0 Å². The van der Waals surface area contributed by atoms with Crippen LogP contribution >= 0.6 is 0 Å². The van der Waals surface area contributed by atoms with Crippen LogP contribution in [0.25, 0.3) is 5.82 Å². The van der Waals surface area contributed by atoms with E-state index in [1.807, 2.05) is 6.92 Å². The summed E-state index contributed by atoms with van der Waals surface area (Å²) in [5.74, 6) is 1.16. The van der Waals surface area contributed by atoms with Crippen LogP contribution in [0, 0.1) is 6.92 Å². The van der Waals surface area contributed by atoms with Gasteiger partial charge in [0.15, 0.2) is 10.8 Å². The molecule has 0 radical (unpaired) electrons. The number of aromatic nitrogens is 5. The van der Waals surface area contributed by atoms with Crippen LogP contribution in [0.5, 0.6) is 0 Å². The van der Waals surface area contributed by atoms with E-state index < -0.39 is 10.0 Å². The highest BCUT2D eigenvalue weighted by Gasteiger charge is 2.18. The predicted molar refractivity (Wildman–Crippen MR) is 75.5 cm³/mol. The average Bonchev–Trinajstić information content (AvgIpc) is 3.10. The molecule has 0 fully saturated rings. The van der Waals surface area contributed by atoms with E-state index in [4.69, 9.17) is 0 Å². The van der Waals surface area contributed by atoms with E-state index in [0.29, 0.717) is 17.3 Å². The molecule has 0 aliphatic heterocycles. The zero-order valence-electron chi connectivity index (χ0n) is 11.1. The highest BCUT2D eigenvalue weighted by molar-refractivity contribution is 7.92. The van der Waals surface area contributed by atoms with Gasteiger partial charge in [0.1, 0.15) is 5.82 Å². The van der Waals surface area contributed by atoms with E-state index in [1.165, 1.54) is 12.3 Å². The third-order valence-corrected chi connectivity index (χ3v) is 4.14. The lowest BCUT2D eigenvalue weighted by atomic mass is 10.4. The van der Waals surface area contributed by atoms with Gasteiger partial charge in [-0.15, -0.1) is 0 Å². The molecule has 0 aliphatic carbocycles. The van der Waals surface area contributed by atoms with Crippen molar-refractivity contribution < 1.29 is 8.42 Å². The average molecular weight is 304 g/mol. The van der Waals surface area contributed by atoms with E-state index in [1.54, 1.807) is 35.3 Å². The second-order valence-corrected chi connectivity index (χ2v) is 5.90. The number of hydrogen-bond acceptors (Lipinski definition) is 5. The number of sulfonamides is 1. The Morgan fingerprint density at radius 2 is 2.05 bits per heavy atom. The number of H-pyrrole nitrogens is 1. The lowest BCUT2D eigenvalue weighted by molar-refractivity contribution is 0.597. The van der Waals surface area contributed by atoms with Crippen LogP contribution in [0.1, 0.15) is 5.82 Å². The fourth-order valence-electron chi connectivity index (χ4n) is 1.86. The molecule has 9 heteroatoms. The number of nitrogens with one attached hydrogen (secondary N) is 2. The van der Waals surface area contributed by atoms with Crippen molar-refractivity contribution in [2.24, 2.45) is 0 Å². The van der Waals surface area contributed by atoms with E-state index in [2.05, 4.69) is 24.9 Å². The van der Waals surface area contributed by atoms with Gasteiger partial charge < -0.3 is 0 Å². The Morgan fingerprint density at radius 3 is 2.71 bits per heavy atom. The van der Waals surface area contributed by atoms with Crippen molar-refractivity contribution >= 4 is 15.7 Å². The van der Waals surface area contributed by atoms with Crippen LogP contribution in [-0.4, -0.2) is 33.2 Å². The van der Waals surface area contributed by atoms with Crippen LogP contribution in [0.4, 0.5) is 5.69 Å². The molecule has 21 heavy (non-hydrogen) atoms. The Morgan fingerprint density at radius 1 is 1.19 bits per heavy atom. The number of rotatable bonds is 4. The van der Waals surface area contributed by atoms with Gasteiger partial charge in [-0.1, -0.05) is 0 Å². The molecular formula is C12H12N6O2S. The van der Waals surface area contributed by atoms with Crippen molar-refractivity contribution in [2.45, 2.75) is 11.9 Å². The van der Waals surface area contributed by atoms with Gasteiger partial charge in [-0.25, -0.2) is 9.97 Å². The molecule has 0 aromatic carbocycles. The zero-order valence-corrected chi connectivity index (χ0v) is 11.9. The largest absolute Gasteiger partial charge is 0.286 e. The minimum absolute atomic E-state index is 0.0142. The molecule has 8 nitrogen and oxygen atoms in total. The predicted octanol–water partition coefficient (Wildman–Crippen LogP) is 1.10. The summed E-state index contributed by atoms with van der Waals surface area (Å²) in [6, 6.07) is 4.66. The minimum atomic E-state index is -3.74. The zero-order chi connectivity index (χ0) is 14.9. The summed E-state index contributed by atoms with van der Waals surface area (Å²) in [7, 11) is -3.74. The van der Waals surface area contributed by atoms with Crippen molar-refractivity contribution in [3.05, 3.63) is 48.8 Å². The Bertz CT molecular complexity index is 854. The van der Waals surface area contributed by atoms with Gasteiger partial charge in [0, 0.05) is 18.6 Å². The lowest BCUT2D eigenvalue weighted by Gasteiger charge is -2.12. The summed E-state index contributed by atoms with van der Waals surface area (Å²) in [6.07, 6.45) is 6.30.